The van der Waals surface area contributed by atoms with Gasteiger partial charge in [0, 0.05) is 13.0 Å². The Hall–Kier alpha value is -0.570. The average Bonchev–Trinajstić information content (AvgIpc) is 2.30. The molecular weight excluding hydrogens is 166 g/mol. The first-order chi connectivity index (χ1) is 6.06. The summed E-state index contributed by atoms with van der Waals surface area (Å²) in [5, 5.41) is 1.84. The zero-order chi connectivity index (χ0) is 9.90. The maximum atomic E-state index is 11.2. The quantitative estimate of drug-likeness (QED) is 0.660. The van der Waals surface area contributed by atoms with Gasteiger partial charge in [0.05, 0.1) is 5.54 Å². The Morgan fingerprint density at radius 1 is 1.46 bits per heavy atom. The van der Waals surface area contributed by atoms with Crippen LogP contribution >= 0.6 is 0 Å². The molecule has 3 nitrogen and oxygen atoms in total. The lowest BCUT2D eigenvalue weighted by Gasteiger charge is -2.34. The molecule has 0 bridgehead atoms. The molecular formula is C10H19NO2. The van der Waals surface area contributed by atoms with Gasteiger partial charge in [0.25, 0.3) is 0 Å². The molecule has 3 heteroatoms. The van der Waals surface area contributed by atoms with Crippen molar-refractivity contribution in [2.75, 3.05) is 6.54 Å². The monoisotopic (exact) mass is 185 g/mol. The van der Waals surface area contributed by atoms with Crippen molar-refractivity contribution in [2.45, 2.75) is 52.0 Å². The Morgan fingerprint density at radius 3 is 2.77 bits per heavy atom. The summed E-state index contributed by atoms with van der Waals surface area (Å²) < 4.78 is 0. The molecule has 0 amide bonds. The normalized spacial score (nSPS) is 21.0. The second kappa shape index (κ2) is 4.09. The Bertz CT molecular complexity index is 189. The van der Waals surface area contributed by atoms with E-state index in [1.807, 2.05) is 5.06 Å². The van der Waals surface area contributed by atoms with E-state index in [1.165, 1.54) is 0 Å². The van der Waals surface area contributed by atoms with Gasteiger partial charge >= 0.3 is 5.97 Å². The molecule has 0 aromatic heterocycles. The summed E-state index contributed by atoms with van der Waals surface area (Å²) in [5.41, 5.74) is -0.0278. The Morgan fingerprint density at radius 2 is 2.15 bits per heavy atom. The predicted molar refractivity (Wildman–Crippen MR) is 51.0 cm³/mol. The third-order valence-electron chi connectivity index (χ3n) is 2.74. The molecule has 1 saturated heterocycles. The van der Waals surface area contributed by atoms with E-state index in [2.05, 4.69) is 20.8 Å². The summed E-state index contributed by atoms with van der Waals surface area (Å²) in [4.78, 5) is 16.5. The van der Waals surface area contributed by atoms with Crippen LogP contribution in [0.25, 0.3) is 0 Å². The van der Waals surface area contributed by atoms with E-state index in [0.29, 0.717) is 6.42 Å². The van der Waals surface area contributed by atoms with E-state index in [4.69, 9.17) is 4.84 Å². The maximum Gasteiger partial charge on any atom is 0.325 e. The highest BCUT2D eigenvalue weighted by atomic mass is 16.7. The number of carbonyl (C=O) groups excluding carboxylic acids is 1. The lowest BCUT2D eigenvalue weighted by atomic mass is 10.0. The fraction of sp³-hybridized carbons (Fsp3) is 0.900. The minimum absolute atomic E-state index is 0.0278. The summed E-state index contributed by atoms with van der Waals surface area (Å²) in [7, 11) is 0. The van der Waals surface area contributed by atoms with Crippen molar-refractivity contribution in [1.29, 1.82) is 0 Å². The van der Waals surface area contributed by atoms with E-state index >= 15 is 0 Å². The second-order valence-corrected chi connectivity index (χ2v) is 4.19. The van der Waals surface area contributed by atoms with Crippen LogP contribution < -0.4 is 0 Å². The first-order valence-electron chi connectivity index (χ1n) is 5.04. The molecule has 0 aromatic rings. The van der Waals surface area contributed by atoms with Crippen molar-refractivity contribution < 1.29 is 9.63 Å². The average molecular weight is 185 g/mol. The molecule has 1 fully saturated rings. The van der Waals surface area contributed by atoms with Crippen LogP contribution in [0.2, 0.25) is 0 Å². The summed E-state index contributed by atoms with van der Waals surface area (Å²) >= 11 is 0. The number of hydrogen-bond acceptors (Lipinski definition) is 3. The molecule has 13 heavy (non-hydrogen) atoms. The SMILES string of the molecule is CCC(C)(C)N1CCCCC(=O)O1. The molecule has 0 N–H and O–H groups in total. The van der Waals surface area contributed by atoms with E-state index in [-0.39, 0.29) is 11.5 Å². The van der Waals surface area contributed by atoms with Crippen molar-refractivity contribution in [2.24, 2.45) is 0 Å². The van der Waals surface area contributed by atoms with Crippen LogP contribution in [-0.4, -0.2) is 23.1 Å². The molecule has 76 valence electrons. The molecule has 1 aliphatic heterocycles. The van der Waals surface area contributed by atoms with E-state index in [9.17, 15) is 4.79 Å². The van der Waals surface area contributed by atoms with Gasteiger partial charge in [0.2, 0.25) is 0 Å². The summed E-state index contributed by atoms with van der Waals surface area (Å²) in [6.07, 6.45) is 3.56. The van der Waals surface area contributed by atoms with Gasteiger partial charge in [0.15, 0.2) is 0 Å². The van der Waals surface area contributed by atoms with Crippen LogP contribution in [0.5, 0.6) is 0 Å². The molecule has 1 aliphatic rings. The van der Waals surface area contributed by atoms with Crippen LogP contribution in [0.15, 0.2) is 0 Å². The number of carbonyl (C=O) groups is 1. The Kier molecular flexibility index (Phi) is 3.31. The first-order valence-corrected chi connectivity index (χ1v) is 5.04. The molecule has 0 unspecified atom stereocenters. The molecule has 0 aliphatic carbocycles. The van der Waals surface area contributed by atoms with Crippen LogP contribution in [0, 0.1) is 0 Å². The van der Waals surface area contributed by atoms with E-state index in [0.717, 1.165) is 25.8 Å². The number of hydroxylamine groups is 2. The zero-order valence-corrected chi connectivity index (χ0v) is 8.80. The van der Waals surface area contributed by atoms with E-state index < -0.39 is 0 Å². The lowest BCUT2D eigenvalue weighted by molar-refractivity contribution is -0.214. The summed E-state index contributed by atoms with van der Waals surface area (Å²) in [6.45, 7) is 7.18. The minimum Gasteiger partial charge on any atom is -0.367 e. The van der Waals surface area contributed by atoms with Crippen molar-refractivity contribution in [1.82, 2.24) is 5.06 Å². The van der Waals surface area contributed by atoms with Gasteiger partial charge in [-0.15, -0.1) is 5.06 Å². The zero-order valence-electron chi connectivity index (χ0n) is 8.80. The standard InChI is InChI=1S/C10H19NO2/c1-4-10(2,3)11-8-6-5-7-9(12)13-11/h4-8H2,1-3H3. The van der Waals surface area contributed by atoms with Gasteiger partial charge in [0.1, 0.15) is 0 Å². The smallest absolute Gasteiger partial charge is 0.325 e. The maximum absolute atomic E-state index is 11.2. The third-order valence-corrected chi connectivity index (χ3v) is 2.74. The minimum atomic E-state index is -0.0842. The highest BCUT2D eigenvalue weighted by Gasteiger charge is 2.29. The van der Waals surface area contributed by atoms with Crippen LogP contribution in [0.1, 0.15) is 46.5 Å². The van der Waals surface area contributed by atoms with Crippen molar-refractivity contribution in [3.63, 3.8) is 0 Å². The van der Waals surface area contributed by atoms with Gasteiger partial charge in [-0.1, -0.05) is 6.92 Å². The molecule has 0 spiro atoms. The first kappa shape index (κ1) is 10.5. The number of rotatable bonds is 2. The predicted octanol–water partition coefficient (Wildman–Crippen LogP) is 2.12. The molecule has 0 saturated carbocycles. The summed E-state index contributed by atoms with van der Waals surface area (Å²) in [6, 6.07) is 0. The van der Waals surface area contributed by atoms with Crippen LogP contribution in [0.3, 0.4) is 0 Å². The van der Waals surface area contributed by atoms with Gasteiger partial charge in [-0.05, 0) is 33.1 Å². The Labute approximate surface area is 80.0 Å². The lowest BCUT2D eigenvalue weighted by Crippen LogP contribution is -2.44. The van der Waals surface area contributed by atoms with E-state index in [1.54, 1.807) is 0 Å². The third kappa shape index (κ3) is 2.69. The fourth-order valence-electron chi connectivity index (χ4n) is 1.34. The highest BCUT2D eigenvalue weighted by molar-refractivity contribution is 5.69. The number of nitrogens with zero attached hydrogens (tertiary/aromatic N) is 1. The molecule has 1 heterocycles. The van der Waals surface area contributed by atoms with Gasteiger partial charge in [-0.3, -0.25) is 4.79 Å². The van der Waals surface area contributed by atoms with Crippen LogP contribution in [0.4, 0.5) is 0 Å². The largest absolute Gasteiger partial charge is 0.367 e. The molecule has 0 atom stereocenters. The topological polar surface area (TPSA) is 29.5 Å². The fourth-order valence-corrected chi connectivity index (χ4v) is 1.34. The van der Waals surface area contributed by atoms with Crippen LogP contribution in [-0.2, 0) is 9.63 Å². The van der Waals surface area contributed by atoms with Gasteiger partial charge in [-0.2, -0.15) is 0 Å². The van der Waals surface area contributed by atoms with Gasteiger partial charge in [-0.25, -0.2) is 0 Å². The molecule has 0 aromatic carbocycles. The summed E-state index contributed by atoms with van der Waals surface area (Å²) in [5.74, 6) is -0.0842. The van der Waals surface area contributed by atoms with Crippen molar-refractivity contribution in [3.05, 3.63) is 0 Å². The molecule has 1 rings (SSSR count). The van der Waals surface area contributed by atoms with Gasteiger partial charge < -0.3 is 4.84 Å². The second-order valence-electron chi connectivity index (χ2n) is 4.19. The molecule has 0 radical (unpaired) electrons. The van der Waals surface area contributed by atoms with Crippen molar-refractivity contribution >= 4 is 5.97 Å². The Balaban J connectivity index is 2.62. The highest BCUT2D eigenvalue weighted by Crippen LogP contribution is 2.22. The number of hydrogen-bond donors (Lipinski definition) is 0. The van der Waals surface area contributed by atoms with Crippen molar-refractivity contribution in [3.8, 4) is 0 Å².